The molecule has 2 N–H and O–H groups in total. The standard InChI is InChI=1S/C29H38F3N7O4S/c1-27(2,29(30,31)32)12-14-37-15-16-38(26(37)41)22-11-10-20-24(35-22)39-18-19(17-28(39,3)4)7-6-13-33-21-8-5-9-23(34-21)44(42,43)36-25(20)40/h5,8-11,19H,6-7,12-18H2,1-4H3,(H,33,34)(H,36,40)/t19-/m0/s1. The molecule has 3 aliphatic rings. The van der Waals surface area contributed by atoms with Gasteiger partial charge in [0.05, 0.1) is 11.0 Å². The van der Waals surface area contributed by atoms with Gasteiger partial charge in [-0.2, -0.15) is 21.6 Å². The minimum absolute atomic E-state index is 0.0191. The van der Waals surface area contributed by atoms with E-state index in [1.807, 2.05) is 18.7 Å². The second kappa shape index (κ2) is 11.4. The molecular formula is C29H38F3N7O4S. The predicted molar refractivity (Wildman–Crippen MR) is 159 cm³/mol. The number of alkyl halides is 3. The molecule has 0 unspecified atom stereocenters. The van der Waals surface area contributed by atoms with Crippen molar-refractivity contribution in [2.24, 2.45) is 11.3 Å². The van der Waals surface area contributed by atoms with Crippen molar-refractivity contribution in [1.29, 1.82) is 0 Å². The second-order valence-electron chi connectivity index (χ2n) is 13.0. The summed E-state index contributed by atoms with van der Waals surface area (Å²) in [6.45, 7) is 7.80. The Balaban J connectivity index is 1.48. The van der Waals surface area contributed by atoms with E-state index in [1.165, 1.54) is 28.0 Å². The van der Waals surface area contributed by atoms with E-state index in [0.29, 0.717) is 18.9 Å². The number of nitrogens with zero attached hydrogens (tertiary/aromatic N) is 5. The fourth-order valence-electron chi connectivity index (χ4n) is 5.98. The zero-order chi connectivity index (χ0) is 32.1. The summed E-state index contributed by atoms with van der Waals surface area (Å²) in [6, 6.07) is 6.94. The first-order valence-electron chi connectivity index (χ1n) is 14.7. The summed E-state index contributed by atoms with van der Waals surface area (Å²) < 4.78 is 68.7. The zero-order valence-corrected chi connectivity index (χ0v) is 26.1. The number of carbonyl (C=O) groups is 2. The highest BCUT2D eigenvalue weighted by molar-refractivity contribution is 7.90. The number of aromatic nitrogens is 2. The van der Waals surface area contributed by atoms with Gasteiger partial charge in [0.1, 0.15) is 17.5 Å². The fraction of sp³-hybridized carbons (Fsp3) is 0.586. The lowest BCUT2D eigenvalue weighted by atomic mass is 9.88. The maximum absolute atomic E-state index is 13.6. The number of amides is 3. The number of carbonyl (C=O) groups excluding carboxylic acids is 2. The smallest absolute Gasteiger partial charge is 0.370 e. The number of pyridine rings is 2. The average Bonchev–Trinajstić information content (AvgIpc) is 3.46. The van der Waals surface area contributed by atoms with Gasteiger partial charge in [-0.05, 0) is 69.7 Å². The fourth-order valence-corrected chi connectivity index (χ4v) is 6.92. The zero-order valence-electron chi connectivity index (χ0n) is 25.2. The third-order valence-corrected chi connectivity index (χ3v) is 10.0. The Morgan fingerprint density at radius 2 is 1.82 bits per heavy atom. The summed E-state index contributed by atoms with van der Waals surface area (Å²) >= 11 is 0. The number of hydrogen-bond acceptors (Lipinski definition) is 8. The Bertz CT molecular complexity index is 1550. The van der Waals surface area contributed by atoms with Crippen LogP contribution in [0, 0.1) is 11.3 Å². The summed E-state index contributed by atoms with van der Waals surface area (Å²) in [7, 11) is -4.33. The van der Waals surface area contributed by atoms with Crippen LogP contribution in [0.15, 0.2) is 35.4 Å². The van der Waals surface area contributed by atoms with E-state index >= 15 is 0 Å². The number of halogens is 3. The van der Waals surface area contributed by atoms with Crippen LogP contribution in [0.4, 0.5) is 35.4 Å². The Hall–Kier alpha value is -3.62. The molecule has 11 nitrogen and oxygen atoms in total. The largest absolute Gasteiger partial charge is 0.394 e. The molecule has 44 heavy (non-hydrogen) atoms. The summed E-state index contributed by atoms with van der Waals surface area (Å²) in [5.41, 5.74) is -2.37. The van der Waals surface area contributed by atoms with E-state index < -0.39 is 39.1 Å². The molecule has 0 radical (unpaired) electrons. The molecule has 1 atom stereocenters. The number of hydrogen-bond donors (Lipinski definition) is 2. The number of fused-ring (bicyclic) bond motifs is 6. The van der Waals surface area contributed by atoms with Crippen LogP contribution in [0.2, 0.25) is 0 Å². The van der Waals surface area contributed by atoms with Crippen molar-refractivity contribution in [2.75, 3.05) is 47.8 Å². The van der Waals surface area contributed by atoms with Gasteiger partial charge in [-0.3, -0.25) is 9.69 Å². The first-order chi connectivity index (χ1) is 20.5. The van der Waals surface area contributed by atoms with Crippen LogP contribution in [-0.2, 0) is 10.0 Å². The first kappa shape index (κ1) is 31.8. The van der Waals surface area contributed by atoms with Crippen molar-refractivity contribution in [3.63, 3.8) is 0 Å². The molecule has 2 saturated heterocycles. The van der Waals surface area contributed by atoms with Crippen LogP contribution in [0.1, 0.15) is 63.7 Å². The van der Waals surface area contributed by atoms with E-state index in [9.17, 15) is 31.2 Å². The van der Waals surface area contributed by atoms with Crippen LogP contribution >= 0.6 is 0 Å². The minimum atomic E-state index is -4.40. The summed E-state index contributed by atoms with van der Waals surface area (Å²) in [6.07, 6.45) is -2.16. The van der Waals surface area contributed by atoms with E-state index in [2.05, 4.69) is 15.0 Å². The van der Waals surface area contributed by atoms with Gasteiger partial charge in [-0.25, -0.2) is 19.5 Å². The molecule has 4 bridgehead atoms. The quantitative estimate of drug-likeness (QED) is 0.497. The Labute approximate surface area is 255 Å². The van der Waals surface area contributed by atoms with Gasteiger partial charge in [-0.1, -0.05) is 19.9 Å². The maximum Gasteiger partial charge on any atom is 0.394 e. The predicted octanol–water partition coefficient (Wildman–Crippen LogP) is 4.63. The molecule has 15 heteroatoms. The Morgan fingerprint density at radius 3 is 2.55 bits per heavy atom. The lowest BCUT2D eigenvalue weighted by molar-refractivity contribution is -0.214. The lowest BCUT2D eigenvalue weighted by Crippen LogP contribution is -2.41. The minimum Gasteiger partial charge on any atom is -0.370 e. The van der Waals surface area contributed by atoms with Crippen molar-refractivity contribution < 1.29 is 31.2 Å². The van der Waals surface area contributed by atoms with E-state index in [1.54, 1.807) is 12.1 Å². The molecule has 5 heterocycles. The average molecular weight is 638 g/mol. The molecule has 0 spiro atoms. The van der Waals surface area contributed by atoms with E-state index in [4.69, 9.17) is 4.98 Å². The van der Waals surface area contributed by atoms with Crippen LogP contribution in [-0.4, -0.2) is 79.7 Å². The van der Waals surface area contributed by atoms with Crippen LogP contribution < -0.4 is 19.8 Å². The van der Waals surface area contributed by atoms with E-state index in [-0.39, 0.29) is 54.2 Å². The SMILES string of the molecule is CC1(C)C[C@@H]2CCCNc3cccc(n3)S(=O)(=O)NC(=O)c3ccc(N4CCN(CCC(C)(C)C(F)(F)F)C4=O)nc3N1C2. The van der Waals surface area contributed by atoms with Gasteiger partial charge < -0.3 is 15.1 Å². The highest BCUT2D eigenvalue weighted by Gasteiger charge is 2.47. The topological polar surface area (TPSA) is 128 Å². The van der Waals surface area contributed by atoms with Crippen LogP contribution in [0.3, 0.4) is 0 Å². The van der Waals surface area contributed by atoms with Crippen molar-refractivity contribution in [3.8, 4) is 0 Å². The molecule has 0 aliphatic carbocycles. The highest BCUT2D eigenvalue weighted by Crippen LogP contribution is 2.42. The van der Waals surface area contributed by atoms with Gasteiger partial charge in [0.2, 0.25) is 0 Å². The van der Waals surface area contributed by atoms with Gasteiger partial charge in [-0.15, -0.1) is 0 Å². The molecule has 2 aromatic heterocycles. The molecule has 0 saturated carbocycles. The first-order valence-corrected chi connectivity index (χ1v) is 16.2. The van der Waals surface area contributed by atoms with Crippen molar-refractivity contribution in [1.82, 2.24) is 19.6 Å². The number of rotatable bonds is 4. The van der Waals surface area contributed by atoms with Crippen LogP contribution in [0.25, 0.3) is 0 Å². The number of nitrogens with one attached hydrogen (secondary N) is 2. The highest BCUT2D eigenvalue weighted by atomic mass is 32.2. The Kier molecular flexibility index (Phi) is 8.23. The summed E-state index contributed by atoms with van der Waals surface area (Å²) in [5, 5.41) is 2.85. The maximum atomic E-state index is 13.6. The van der Waals surface area contributed by atoms with Gasteiger partial charge >= 0.3 is 12.2 Å². The molecule has 2 fully saturated rings. The third-order valence-electron chi connectivity index (χ3n) is 8.79. The van der Waals surface area contributed by atoms with Crippen molar-refractivity contribution in [3.05, 3.63) is 35.9 Å². The molecule has 3 amide bonds. The Morgan fingerprint density at radius 1 is 1.07 bits per heavy atom. The molecule has 3 aliphatic heterocycles. The molecular weight excluding hydrogens is 599 g/mol. The monoisotopic (exact) mass is 637 g/mol. The van der Waals surface area contributed by atoms with Crippen molar-refractivity contribution in [2.45, 2.75) is 70.1 Å². The molecule has 0 aromatic carbocycles. The summed E-state index contributed by atoms with van der Waals surface area (Å²) in [4.78, 5) is 40.5. The number of sulfonamides is 1. The van der Waals surface area contributed by atoms with E-state index in [0.717, 1.165) is 33.1 Å². The molecule has 2 aromatic rings. The third kappa shape index (κ3) is 6.28. The number of urea groups is 1. The normalized spacial score (nSPS) is 22.2. The summed E-state index contributed by atoms with van der Waals surface area (Å²) in [5.74, 6) is 0.237. The van der Waals surface area contributed by atoms with Gasteiger partial charge in [0.25, 0.3) is 15.9 Å². The second-order valence-corrected chi connectivity index (χ2v) is 14.6. The van der Waals surface area contributed by atoms with Gasteiger partial charge in [0, 0.05) is 38.3 Å². The lowest BCUT2D eigenvalue weighted by Gasteiger charge is -2.34. The molecule has 5 rings (SSSR count). The van der Waals surface area contributed by atoms with Crippen LogP contribution in [0.5, 0.6) is 0 Å². The molecule has 240 valence electrons. The van der Waals surface area contributed by atoms with Crippen molar-refractivity contribution >= 4 is 39.4 Å². The number of anilines is 3. The van der Waals surface area contributed by atoms with Gasteiger partial charge in [0.15, 0.2) is 5.03 Å².